The SMILES string of the molecule is CCCc1sc(C2(Cc3ccc(-c4ccccc4-c4nn[nH]n4)cc3)C=CC=N2)nc1C(=O)O. The molecule has 1 atom stereocenters. The Kier molecular flexibility index (Phi) is 5.85. The number of carbonyl (C=O) groups is 1. The van der Waals surface area contributed by atoms with E-state index in [1.807, 2.05) is 43.3 Å². The standard InChI is InChI=1S/C25H22N6O2S/c1-2-6-20-21(23(32)33)27-24(34-20)25(13-5-14-26-25)15-16-9-11-17(12-10-16)18-7-3-4-8-19(18)22-28-30-31-29-22/h3-5,7-14H,2,6,15H2,1H3,(H,32,33)(H,28,29,30,31). The lowest BCUT2D eigenvalue weighted by molar-refractivity contribution is 0.0690. The monoisotopic (exact) mass is 470 g/mol. The maximum absolute atomic E-state index is 11.7. The number of benzene rings is 2. The maximum atomic E-state index is 11.7. The fraction of sp³-hybridized carbons (Fsp3) is 0.200. The van der Waals surface area contributed by atoms with Crippen LogP contribution in [0.25, 0.3) is 22.5 Å². The van der Waals surface area contributed by atoms with E-state index < -0.39 is 11.5 Å². The van der Waals surface area contributed by atoms with Crippen molar-refractivity contribution in [2.24, 2.45) is 4.99 Å². The topological polar surface area (TPSA) is 117 Å². The minimum absolute atomic E-state index is 0.144. The van der Waals surface area contributed by atoms with E-state index in [1.165, 1.54) is 11.3 Å². The molecule has 0 radical (unpaired) electrons. The number of allylic oxidation sites excluding steroid dienone is 1. The summed E-state index contributed by atoms with van der Waals surface area (Å²) in [4.78, 5) is 21.8. The molecular weight excluding hydrogens is 448 g/mol. The summed E-state index contributed by atoms with van der Waals surface area (Å²) >= 11 is 1.45. The van der Waals surface area contributed by atoms with Crippen molar-refractivity contribution in [2.45, 2.75) is 31.7 Å². The zero-order valence-corrected chi connectivity index (χ0v) is 19.3. The molecule has 5 rings (SSSR count). The number of aromatic carboxylic acids is 1. The van der Waals surface area contributed by atoms with Crippen LogP contribution in [0.4, 0.5) is 0 Å². The zero-order valence-electron chi connectivity index (χ0n) is 18.5. The number of hydrogen-bond acceptors (Lipinski definition) is 7. The molecular formula is C25H22N6O2S. The molecule has 1 unspecified atom stereocenters. The van der Waals surface area contributed by atoms with Crippen LogP contribution in [0.5, 0.6) is 0 Å². The second kappa shape index (κ2) is 9.11. The van der Waals surface area contributed by atoms with Gasteiger partial charge in [0.1, 0.15) is 10.5 Å². The van der Waals surface area contributed by atoms with Crippen molar-refractivity contribution in [3.8, 4) is 22.5 Å². The van der Waals surface area contributed by atoms with E-state index in [1.54, 1.807) is 6.21 Å². The number of tetrazole rings is 1. The first-order valence-corrected chi connectivity index (χ1v) is 11.8. The highest BCUT2D eigenvalue weighted by Gasteiger charge is 2.36. The third-order valence-electron chi connectivity index (χ3n) is 5.76. The number of carboxylic acids is 1. The largest absolute Gasteiger partial charge is 0.476 e. The zero-order chi connectivity index (χ0) is 23.5. The lowest BCUT2D eigenvalue weighted by atomic mass is 9.91. The van der Waals surface area contributed by atoms with Gasteiger partial charge in [0, 0.05) is 23.1 Å². The van der Waals surface area contributed by atoms with Gasteiger partial charge in [-0.2, -0.15) is 5.21 Å². The van der Waals surface area contributed by atoms with Gasteiger partial charge in [-0.05, 0) is 40.5 Å². The molecule has 0 amide bonds. The molecule has 0 bridgehead atoms. The Morgan fingerprint density at radius 1 is 1.12 bits per heavy atom. The molecule has 0 saturated heterocycles. The molecule has 3 heterocycles. The highest BCUT2D eigenvalue weighted by atomic mass is 32.1. The van der Waals surface area contributed by atoms with Crippen molar-refractivity contribution < 1.29 is 9.90 Å². The number of hydrogen-bond donors (Lipinski definition) is 2. The van der Waals surface area contributed by atoms with Gasteiger partial charge in [0.2, 0.25) is 5.82 Å². The summed E-state index contributed by atoms with van der Waals surface area (Å²) in [5.41, 5.74) is 3.48. The number of nitrogens with one attached hydrogen (secondary N) is 1. The number of aromatic nitrogens is 5. The van der Waals surface area contributed by atoms with Gasteiger partial charge in [-0.3, -0.25) is 4.99 Å². The van der Waals surface area contributed by atoms with E-state index in [2.05, 4.69) is 49.9 Å². The highest BCUT2D eigenvalue weighted by Crippen LogP contribution is 2.39. The summed E-state index contributed by atoms with van der Waals surface area (Å²) < 4.78 is 0. The summed E-state index contributed by atoms with van der Waals surface area (Å²) in [5, 5.41) is 24.8. The molecule has 0 saturated carbocycles. The number of aliphatic imine (C=N–C) groups is 1. The molecule has 1 aliphatic rings. The molecule has 8 nitrogen and oxygen atoms in total. The number of aryl methyl sites for hydroxylation is 1. The smallest absolute Gasteiger partial charge is 0.355 e. The van der Waals surface area contributed by atoms with Crippen molar-refractivity contribution in [3.63, 3.8) is 0 Å². The highest BCUT2D eigenvalue weighted by molar-refractivity contribution is 7.12. The van der Waals surface area contributed by atoms with Crippen molar-refractivity contribution in [1.82, 2.24) is 25.6 Å². The second-order valence-corrected chi connectivity index (χ2v) is 9.15. The molecule has 0 spiro atoms. The molecule has 1 aliphatic heterocycles. The number of rotatable bonds is 8. The first-order valence-electron chi connectivity index (χ1n) is 11.0. The Balaban J connectivity index is 1.46. The molecule has 34 heavy (non-hydrogen) atoms. The van der Waals surface area contributed by atoms with Crippen LogP contribution in [0, 0.1) is 0 Å². The predicted octanol–water partition coefficient (Wildman–Crippen LogP) is 4.72. The first kappa shape index (κ1) is 21.8. The van der Waals surface area contributed by atoms with Gasteiger partial charge in [0.05, 0.1) is 0 Å². The third kappa shape index (κ3) is 4.06. The lowest BCUT2D eigenvalue weighted by Crippen LogP contribution is -2.22. The van der Waals surface area contributed by atoms with E-state index in [0.717, 1.165) is 33.6 Å². The van der Waals surface area contributed by atoms with Crippen LogP contribution in [0.15, 0.2) is 65.7 Å². The molecule has 0 aliphatic carbocycles. The Morgan fingerprint density at radius 3 is 2.56 bits per heavy atom. The van der Waals surface area contributed by atoms with Gasteiger partial charge >= 0.3 is 5.97 Å². The number of nitrogens with zero attached hydrogens (tertiary/aromatic N) is 5. The van der Waals surface area contributed by atoms with Gasteiger partial charge in [-0.1, -0.05) is 61.9 Å². The van der Waals surface area contributed by atoms with Crippen LogP contribution < -0.4 is 0 Å². The second-order valence-electron chi connectivity index (χ2n) is 8.06. The summed E-state index contributed by atoms with van der Waals surface area (Å²) in [6.07, 6.45) is 7.81. The lowest BCUT2D eigenvalue weighted by Gasteiger charge is -2.22. The van der Waals surface area contributed by atoms with Crippen molar-refractivity contribution >= 4 is 23.5 Å². The van der Waals surface area contributed by atoms with E-state index in [4.69, 9.17) is 4.99 Å². The van der Waals surface area contributed by atoms with E-state index in [0.29, 0.717) is 23.7 Å². The number of aromatic amines is 1. The molecule has 4 aromatic rings. The normalized spacial score (nSPS) is 16.9. The Hall–Kier alpha value is -3.98. The minimum Gasteiger partial charge on any atom is -0.476 e. The van der Waals surface area contributed by atoms with E-state index in [-0.39, 0.29) is 5.69 Å². The van der Waals surface area contributed by atoms with E-state index >= 15 is 0 Å². The Bertz CT molecular complexity index is 1360. The summed E-state index contributed by atoms with van der Waals surface area (Å²) in [5.74, 6) is -0.443. The summed E-state index contributed by atoms with van der Waals surface area (Å²) in [7, 11) is 0. The Labute approximate surface area is 200 Å². The van der Waals surface area contributed by atoms with Gasteiger partial charge < -0.3 is 5.11 Å². The van der Waals surface area contributed by atoms with Crippen LogP contribution in [-0.2, 0) is 18.4 Å². The average Bonchev–Trinajstić information content (AvgIpc) is 3.62. The van der Waals surface area contributed by atoms with Crippen LogP contribution in [0.1, 0.15) is 39.3 Å². The molecule has 2 aromatic heterocycles. The quantitative estimate of drug-likeness (QED) is 0.385. The van der Waals surface area contributed by atoms with Crippen molar-refractivity contribution in [3.05, 3.63) is 81.8 Å². The van der Waals surface area contributed by atoms with E-state index in [9.17, 15) is 9.90 Å². The van der Waals surface area contributed by atoms with Crippen LogP contribution >= 0.6 is 11.3 Å². The van der Waals surface area contributed by atoms with Gasteiger partial charge in [-0.25, -0.2) is 9.78 Å². The van der Waals surface area contributed by atoms with Gasteiger partial charge in [0.15, 0.2) is 5.69 Å². The third-order valence-corrected chi connectivity index (χ3v) is 7.04. The van der Waals surface area contributed by atoms with Gasteiger partial charge in [0.25, 0.3) is 0 Å². The summed E-state index contributed by atoms with van der Waals surface area (Å²) in [6.45, 7) is 2.03. The molecule has 9 heteroatoms. The Morgan fingerprint density at radius 2 is 1.91 bits per heavy atom. The molecule has 2 N–H and O–H groups in total. The average molecular weight is 471 g/mol. The number of thiazole rings is 1. The van der Waals surface area contributed by atoms with Crippen LogP contribution in [0.2, 0.25) is 0 Å². The molecule has 0 fully saturated rings. The maximum Gasteiger partial charge on any atom is 0.355 e. The number of carboxylic acid groups (broad SMARTS) is 1. The van der Waals surface area contributed by atoms with Crippen molar-refractivity contribution in [1.29, 1.82) is 0 Å². The van der Waals surface area contributed by atoms with Gasteiger partial charge in [-0.15, -0.1) is 21.5 Å². The fourth-order valence-electron chi connectivity index (χ4n) is 4.15. The molecule has 170 valence electrons. The van der Waals surface area contributed by atoms with Crippen LogP contribution in [-0.4, -0.2) is 42.9 Å². The molecule has 2 aromatic carbocycles. The minimum atomic E-state index is -0.989. The predicted molar refractivity (Wildman–Crippen MR) is 131 cm³/mol. The van der Waals surface area contributed by atoms with Crippen LogP contribution in [0.3, 0.4) is 0 Å². The number of H-pyrrole nitrogens is 1. The summed E-state index contributed by atoms with van der Waals surface area (Å²) in [6, 6.07) is 16.2. The van der Waals surface area contributed by atoms with Crippen molar-refractivity contribution in [2.75, 3.05) is 0 Å². The first-order chi connectivity index (χ1) is 16.6. The fourth-order valence-corrected chi connectivity index (χ4v) is 5.42.